The molecule has 0 spiro atoms. The van der Waals surface area contributed by atoms with E-state index >= 15 is 0 Å². The van der Waals surface area contributed by atoms with Gasteiger partial charge in [-0.15, -0.1) is 0 Å². The van der Waals surface area contributed by atoms with Crippen LogP contribution in [0.4, 0.5) is 0 Å². The highest BCUT2D eigenvalue weighted by Gasteiger charge is 2.30. The summed E-state index contributed by atoms with van der Waals surface area (Å²) in [5.74, 6) is 0.369. The van der Waals surface area contributed by atoms with E-state index in [9.17, 15) is 4.79 Å². The number of ether oxygens (including phenoxy) is 2. The highest BCUT2D eigenvalue weighted by Crippen LogP contribution is 2.18. The van der Waals surface area contributed by atoms with Gasteiger partial charge in [0.2, 0.25) is 0 Å². The molecule has 4 heteroatoms. The number of esters is 1. The van der Waals surface area contributed by atoms with Gasteiger partial charge in [-0.05, 0) is 32.9 Å². The molecule has 16 heavy (non-hydrogen) atoms. The van der Waals surface area contributed by atoms with Crippen LogP contribution in [0.25, 0.3) is 0 Å². The summed E-state index contributed by atoms with van der Waals surface area (Å²) in [5.41, 5.74) is -0.221. The molecule has 1 aliphatic rings. The van der Waals surface area contributed by atoms with Crippen molar-refractivity contribution in [1.29, 1.82) is 0 Å². The molecular formula is C12H23NO3. The van der Waals surface area contributed by atoms with Crippen molar-refractivity contribution in [3.8, 4) is 0 Å². The third kappa shape index (κ3) is 3.76. The molecule has 1 N–H and O–H groups in total. The summed E-state index contributed by atoms with van der Waals surface area (Å²) in [6, 6.07) is 0. The molecular weight excluding hydrogens is 206 g/mol. The first-order chi connectivity index (χ1) is 7.46. The molecule has 1 atom stereocenters. The Labute approximate surface area is 97.7 Å². The van der Waals surface area contributed by atoms with Gasteiger partial charge in [-0.1, -0.05) is 6.92 Å². The van der Waals surface area contributed by atoms with Crippen LogP contribution in [0, 0.1) is 11.8 Å². The molecule has 0 bridgehead atoms. The van der Waals surface area contributed by atoms with Gasteiger partial charge in [0.1, 0.15) is 0 Å². The van der Waals surface area contributed by atoms with E-state index in [0.29, 0.717) is 12.5 Å². The van der Waals surface area contributed by atoms with Crippen LogP contribution in [-0.4, -0.2) is 38.4 Å². The van der Waals surface area contributed by atoms with Crippen LogP contribution in [0.3, 0.4) is 0 Å². The fraction of sp³-hybridized carbons (Fsp3) is 0.917. The summed E-state index contributed by atoms with van der Waals surface area (Å²) < 4.78 is 10.5. The molecule has 0 saturated carbocycles. The molecule has 0 radical (unpaired) electrons. The smallest absolute Gasteiger partial charge is 0.309 e. The van der Waals surface area contributed by atoms with Crippen molar-refractivity contribution in [1.82, 2.24) is 5.32 Å². The van der Waals surface area contributed by atoms with Gasteiger partial charge >= 0.3 is 5.97 Å². The Kier molecular flexibility index (Phi) is 4.74. The van der Waals surface area contributed by atoms with Crippen LogP contribution in [0.2, 0.25) is 0 Å². The van der Waals surface area contributed by atoms with Crippen molar-refractivity contribution in [3.63, 3.8) is 0 Å². The van der Waals surface area contributed by atoms with E-state index in [1.807, 2.05) is 20.8 Å². The van der Waals surface area contributed by atoms with E-state index in [-0.39, 0.29) is 17.5 Å². The Balaban J connectivity index is 2.19. The Bertz CT molecular complexity index is 236. The molecule has 1 heterocycles. The van der Waals surface area contributed by atoms with E-state index < -0.39 is 0 Å². The predicted octanol–water partition coefficient (Wildman–Crippen LogP) is 1.20. The van der Waals surface area contributed by atoms with E-state index in [2.05, 4.69) is 5.32 Å². The number of carbonyl (C=O) groups excluding carboxylic acids is 1. The zero-order valence-corrected chi connectivity index (χ0v) is 10.7. The Morgan fingerprint density at radius 1 is 1.50 bits per heavy atom. The van der Waals surface area contributed by atoms with Crippen molar-refractivity contribution in [3.05, 3.63) is 0 Å². The highest BCUT2D eigenvalue weighted by atomic mass is 16.5. The monoisotopic (exact) mass is 229 g/mol. The van der Waals surface area contributed by atoms with Crippen LogP contribution in [-0.2, 0) is 14.3 Å². The Morgan fingerprint density at radius 3 is 2.56 bits per heavy atom. The lowest BCUT2D eigenvalue weighted by Gasteiger charge is -2.31. The van der Waals surface area contributed by atoms with Gasteiger partial charge in [0.15, 0.2) is 0 Å². The fourth-order valence-corrected chi connectivity index (χ4v) is 1.49. The minimum atomic E-state index is -0.221. The summed E-state index contributed by atoms with van der Waals surface area (Å²) in [6.45, 7) is 8.21. The van der Waals surface area contributed by atoms with Crippen LogP contribution >= 0.6 is 0 Å². The number of hydrogen-bond donors (Lipinski definition) is 1. The maximum absolute atomic E-state index is 11.7. The standard InChI is InChI=1S/C12H23NO3/c1-9(10-7-13-8-10)11(14)16-6-5-12(2,3)15-4/h9-10,13H,5-8H2,1-4H3. The molecule has 1 fully saturated rings. The predicted molar refractivity (Wildman–Crippen MR) is 62.2 cm³/mol. The van der Waals surface area contributed by atoms with Crippen LogP contribution in [0.15, 0.2) is 0 Å². The second-order valence-corrected chi connectivity index (χ2v) is 5.09. The zero-order chi connectivity index (χ0) is 12.2. The van der Waals surface area contributed by atoms with E-state index in [0.717, 1.165) is 19.5 Å². The molecule has 4 nitrogen and oxygen atoms in total. The third-order valence-corrected chi connectivity index (χ3v) is 3.39. The maximum Gasteiger partial charge on any atom is 0.309 e. The SMILES string of the molecule is COC(C)(C)CCOC(=O)C(C)C1CNC1. The molecule has 0 amide bonds. The molecule has 1 rings (SSSR count). The van der Waals surface area contributed by atoms with Gasteiger partial charge in [0.25, 0.3) is 0 Å². The van der Waals surface area contributed by atoms with Crippen molar-refractivity contribution >= 4 is 5.97 Å². The third-order valence-electron chi connectivity index (χ3n) is 3.39. The van der Waals surface area contributed by atoms with Gasteiger partial charge < -0.3 is 14.8 Å². The first kappa shape index (κ1) is 13.5. The molecule has 0 aromatic carbocycles. The number of nitrogens with one attached hydrogen (secondary N) is 1. The first-order valence-corrected chi connectivity index (χ1v) is 5.89. The van der Waals surface area contributed by atoms with Gasteiger partial charge in [-0.3, -0.25) is 4.79 Å². The number of carbonyl (C=O) groups is 1. The molecule has 1 aliphatic heterocycles. The van der Waals surface area contributed by atoms with Crippen LogP contribution in [0.5, 0.6) is 0 Å². The topological polar surface area (TPSA) is 47.6 Å². The minimum absolute atomic E-state index is 0.00640. The second-order valence-electron chi connectivity index (χ2n) is 5.09. The van der Waals surface area contributed by atoms with Gasteiger partial charge in [-0.25, -0.2) is 0 Å². The molecule has 0 aromatic rings. The van der Waals surface area contributed by atoms with Gasteiger partial charge in [0, 0.05) is 13.5 Å². The first-order valence-electron chi connectivity index (χ1n) is 5.89. The lowest BCUT2D eigenvalue weighted by molar-refractivity contribution is -0.152. The van der Waals surface area contributed by atoms with Crippen molar-refractivity contribution < 1.29 is 14.3 Å². The number of hydrogen-bond acceptors (Lipinski definition) is 4. The summed E-state index contributed by atoms with van der Waals surface area (Å²) in [7, 11) is 1.67. The summed E-state index contributed by atoms with van der Waals surface area (Å²) >= 11 is 0. The number of rotatable bonds is 6. The lowest BCUT2D eigenvalue weighted by Crippen LogP contribution is -2.47. The summed E-state index contributed by atoms with van der Waals surface area (Å²) in [5, 5.41) is 3.16. The normalized spacial score (nSPS) is 19.0. The average molecular weight is 229 g/mol. The van der Waals surface area contributed by atoms with Crippen LogP contribution < -0.4 is 5.32 Å². The summed E-state index contributed by atoms with van der Waals surface area (Å²) in [6.07, 6.45) is 0.727. The highest BCUT2D eigenvalue weighted by molar-refractivity contribution is 5.72. The molecule has 1 saturated heterocycles. The molecule has 0 aromatic heterocycles. The van der Waals surface area contributed by atoms with Gasteiger partial charge in [-0.2, -0.15) is 0 Å². The van der Waals surface area contributed by atoms with E-state index in [1.54, 1.807) is 7.11 Å². The quantitative estimate of drug-likeness (QED) is 0.695. The lowest BCUT2D eigenvalue weighted by atomic mass is 9.89. The van der Waals surface area contributed by atoms with Crippen molar-refractivity contribution in [2.45, 2.75) is 32.8 Å². The minimum Gasteiger partial charge on any atom is -0.465 e. The molecule has 94 valence electrons. The van der Waals surface area contributed by atoms with Gasteiger partial charge in [0.05, 0.1) is 18.1 Å². The van der Waals surface area contributed by atoms with Crippen LogP contribution in [0.1, 0.15) is 27.2 Å². The van der Waals surface area contributed by atoms with Crippen molar-refractivity contribution in [2.24, 2.45) is 11.8 Å². The summed E-state index contributed by atoms with van der Waals surface area (Å²) in [4.78, 5) is 11.7. The van der Waals surface area contributed by atoms with Crippen molar-refractivity contribution in [2.75, 3.05) is 26.8 Å². The van der Waals surface area contributed by atoms with E-state index in [4.69, 9.17) is 9.47 Å². The average Bonchev–Trinajstić information content (AvgIpc) is 2.14. The maximum atomic E-state index is 11.7. The Hall–Kier alpha value is -0.610. The molecule has 0 aliphatic carbocycles. The molecule has 1 unspecified atom stereocenters. The van der Waals surface area contributed by atoms with E-state index in [1.165, 1.54) is 0 Å². The Morgan fingerprint density at radius 2 is 2.12 bits per heavy atom. The fourth-order valence-electron chi connectivity index (χ4n) is 1.49. The largest absolute Gasteiger partial charge is 0.465 e. The second kappa shape index (κ2) is 5.64. The number of methoxy groups -OCH3 is 1. The zero-order valence-electron chi connectivity index (χ0n) is 10.7.